The van der Waals surface area contributed by atoms with Crippen molar-refractivity contribution in [1.82, 2.24) is 24.3 Å². The zero-order valence-electron chi connectivity index (χ0n) is 21.0. The number of nitrogens with zero attached hydrogens (tertiary/aromatic N) is 5. The normalized spacial score (nSPS) is 20.4. The minimum absolute atomic E-state index is 0.240. The van der Waals surface area contributed by atoms with Crippen LogP contribution >= 0.6 is 0 Å². The molecule has 10 nitrogen and oxygen atoms in total. The number of ether oxygens (including phenoxy) is 1. The first kappa shape index (κ1) is 32.0. The summed E-state index contributed by atoms with van der Waals surface area (Å²) in [6.07, 6.45) is -1.26. The van der Waals surface area contributed by atoms with Crippen LogP contribution in [0.15, 0.2) is 36.9 Å². The number of pyridine rings is 1. The average molecular weight is 570 g/mol. The van der Waals surface area contributed by atoms with Crippen molar-refractivity contribution in [3.63, 3.8) is 0 Å². The molecule has 2 fully saturated rings. The largest absolute Gasteiger partial charge is 0.490 e. The van der Waals surface area contributed by atoms with Crippen molar-refractivity contribution in [2.24, 2.45) is 12.5 Å². The van der Waals surface area contributed by atoms with Gasteiger partial charge in [0.1, 0.15) is 5.82 Å². The standard InChI is InChI=1S/C19H27N5O.2C2HF3O2/c1-22-8-6-21-18(22)13-24-9-10-25-16-19(15-24)4-7-23(14-19)12-17-3-2-5-20-11-17;2*3-2(4,5)1(6)7/h2-3,5-6,8,11H,4,7,9-10,12-16H2,1H3;2*(H,6,7). The molecule has 2 aliphatic rings. The van der Waals surface area contributed by atoms with E-state index < -0.39 is 24.3 Å². The lowest BCUT2D eigenvalue weighted by Gasteiger charge is -2.31. The number of imidazole rings is 1. The molecule has 1 unspecified atom stereocenters. The summed E-state index contributed by atoms with van der Waals surface area (Å²) in [6, 6.07) is 4.18. The van der Waals surface area contributed by atoms with Crippen LogP contribution in [0.3, 0.4) is 0 Å². The number of rotatable bonds is 4. The van der Waals surface area contributed by atoms with E-state index in [-0.39, 0.29) is 5.41 Å². The Morgan fingerprint density at radius 3 is 2.08 bits per heavy atom. The molecule has 16 heteroatoms. The van der Waals surface area contributed by atoms with Crippen LogP contribution in [0.4, 0.5) is 26.3 Å². The van der Waals surface area contributed by atoms with Crippen molar-refractivity contribution < 1.29 is 50.9 Å². The van der Waals surface area contributed by atoms with E-state index in [0.717, 1.165) is 58.3 Å². The van der Waals surface area contributed by atoms with Crippen molar-refractivity contribution in [2.45, 2.75) is 31.9 Å². The van der Waals surface area contributed by atoms with Gasteiger partial charge in [-0.2, -0.15) is 26.3 Å². The Labute approximate surface area is 219 Å². The minimum Gasteiger partial charge on any atom is -0.475 e. The van der Waals surface area contributed by atoms with E-state index in [9.17, 15) is 26.3 Å². The maximum Gasteiger partial charge on any atom is 0.490 e. The van der Waals surface area contributed by atoms with E-state index in [1.165, 1.54) is 12.0 Å². The molecular weight excluding hydrogens is 540 g/mol. The summed E-state index contributed by atoms with van der Waals surface area (Å²) in [4.78, 5) is 31.6. The number of carboxylic acid groups (broad SMARTS) is 2. The van der Waals surface area contributed by atoms with E-state index in [0.29, 0.717) is 0 Å². The number of likely N-dealkylation sites (tertiary alicyclic amines) is 1. The number of aromatic nitrogens is 3. The fraction of sp³-hybridized carbons (Fsp3) is 0.565. The van der Waals surface area contributed by atoms with E-state index in [2.05, 4.69) is 37.4 Å². The van der Waals surface area contributed by atoms with Gasteiger partial charge in [-0.3, -0.25) is 14.8 Å². The van der Waals surface area contributed by atoms with Gasteiger partial charge in [-0.25, -0.2) is 14.6 Å². The molecule has 4 rings (SSSR count). The SMILES string of the molecule is Cn1ccnc1CN1CCOCC2(CCN(Cc3cccnc3)C2)C1.O=C(O)C(F)(F)F.O=C(O)C(F)(F)F. The number of halogens is 6. The zero-order chi connectivity index (χ0) is 29.3. The Morgan fingerprint density at radius 1 is 1.00 bits per heavy atom. The number of hydrogen-bond acceptors (Lipinski definition) is 7. The molecule has 1 atom stereocenters. The van der Waals surface area contributed by atoms with E-state index in [4.69, 9.17) is 24.5 Å². The van der Waals surface area contributed by atoms with Gasteiger partial charge in [0, 0.05) is 63.4 Å². The molecule has 0 bridgehead atoms. The summed E-state index contributed by atoms with van der Waals surface area (Å²) in [5.74, 6) is -4.39. The van der Waals surface area contributed by atoms with Crippen molar-refractivity contribution >= 4 is 11.9 Å². The first-order valence-electron chi connectivity index (χ1n) is 11.6. The second-order valence-corrected chi connectivity index (χ2v) is 9.15. The minimum atomic E-state index is -5.08. The Hall–Kier alpha value is -3.24. The number of alkyl halides is 6. The van der Waals surface area contributed by atoms with Crippen LogP contribution in [-0.4, -0.2) is 98.2 Å². The molecule has 39 heavy (non-hydrogen) atoms. The van der Waals surface area contributed by atoms with Crippen LogP contribution in [0.25, 0.3) is 0 Å². The highest BCUT2D eigenvalue weighted by atomic mass is 19.4. The Kier molecular flexibility index (Phi) is 11.2. The molecule has 0 aliphatic carbocycles. The highest BCUT2D eigenvalue weighted by molar-refractivity contribution is 5.73. The van der Waals surface area contributed by atoms with Gasteiger partial charge in [-0.05, 0) is 24.6 Å². The number of carbonyl (C=O) groups is 2. The highest BCUT2D eigenvalue weighted by Gasteiger charge is 2.41. The molecule has 0 radical (unpaired) electrons. The van der Waals surface area contributed by atoms with Crippen molar-refractivity contribution in [2.75, 3.05) is 39.4 Å². The molecule has 2 saturated heterocycles. The molecule has 2 aromatic rings. The highest BCUT2D eigenvalue weighted by Crippen LogP contribution is 2.34. The summed E-state index contributed by atoms with van der Waals surface area (Å²) in [5.41, 5.74) is 1.53. The van der Waals surface area contributed by atoms with Crippen LogP contribution in [0, 0.1) is 5.41 Å². The number of aliphatic carboxylic acids is 2. The summed E-state index contributed by atoms with van der Waals surface area (Å²) < 4.78 is 71.6. The molecule has 1 spiro atoms. The molecule has 218 valence electrons. The molecule has 4 heterocycles. The van der Waals surface area contributed by atoms with Gasteiger partial charge in [0.15, 0.2) is 0 Å². The van der Waals surface area contributed by atoms with Gasteiger partial charge in [0.25, 0.3) is 0 Å². The smallest absolute Gasteiger partial charge is 0.475 e. The van der Waals surface area contributed by atoms with Gasteiger partial charge in [0.2, 0.25) is 0 Å². The van der Waals surface area contributed by atoms with Gasteiger partial charge >= 0.3 is 24.3 Å². The second kappa shape index (κ2) is 13.7. The molecule has 0 aromatic carbocycles. The summed E-state index contributed by atoms with van der Waals surface area (Å²) >= 11 is 0. The van der Waals surface area contributed by atoms with Gasteiger partial charge in [-0.15, -0.1) is 0 Å². The summed E-state index contributed by atoms with van der Waals surface area (Å²) in [6.45, 7) is 7.86. The number of aryl methyl sites for hydroxylation is 1. The van der Waals surface area contributed by atoms with Crippen LogP contribution in [0.2, 0.25) is 0 Å². The Balaban J connectivity index is 0.000000317. The van der Waals surface area contributed by atoms with Crippen LogP contribution < -0.4 is 0 Å². The third-order valence-corrected chi connectivity index (χ3v) is 5.94. The lowest BCUT2D eigenvalue weighted by molar-refractivity contribution is -0.193. The average Bonchev–Trinajstić information content (AvgIpc) is 3.36. The van der Waals surface area contributed by atoms with E-state index >= 15 is 0 Å². The predicted octanol–water partition coefficient (Wildman–Crippen LogP) is 2.81. The topological polar surface area (TPSA) is 121 Å². The second-order valence-electron chi connectivity index (χ2n) is 9.15. The summed E-state index contributed by atoms with van der Waals surface area (Å²) in [5, 5.41) is 14.2. The van der Waals surface area contributed by atoms with Crippen molar-refractivity contribution in [1.29, 1.82) is 0 Å². The maximum absolute atomic E-state index is 10.6. The fourth-order valence-electron chi connectivity index (χ4n) is 4.12. The zero-order valence-corrected chi connectivity index (χ0v) is 21.0. The van der Waals surface area contributed by atoms with Crippen LogP contribution in [0.1, 0.15) is 17.8 Å². The van der Waals surface area contributed by atoms with E-state index in [1.54, 1.807) is 0 Å². The van der Waals surface area contributed by atoms with Gasteiger partial charge < -0.3 is 19.5 Å². The lowest BCUT2D eigenvalue weighted by Crippen LogP contribution is -2.40. The Bertz CT molecular complexity index is 1040. The van der Waals surface area contributed by atoms with Crippen molar-refractivity contribution in [3.05, 3.63) is 48.3 Å². The molecule has 2 aliphatic heterocycles. The monoisotopic (exact) mass is 569 g/mol. The van der Waals surface area contributed by atoms with Crippen LogP contribution in [0.5, 0.6) is 0 Å². The third kappa shape index (κ3) is 10.8. The lowest BCUT2D eigenvalue weighted by atomic mass is 9.87. The van der Waals surface area contributed by atoms with Gasteiger partial charge in [0.05, 0.1) is 19.8 Å². The summed E-state index contributed by atoms with van der Waals surface area (Å²) in [7, 11) is 2.07. The predicted molar refractivity (Wildman–Crippen MR) is 123 cm³/mol. The molecule has 2 N–H and O–H groups in total. The van der Waals surface area contributed by atoms with E-state index in [1.807, 2.05) is 30.9 Å². The molecule has 0 saturated carbocycles. The van der Waals surface area contributed by atoms with Crippen molar-refractivity contribution in [3.8, 4) is 0 Å². The first-order valence-corrected chi connectivity index (χ1v) is 11.6. The molecular formula is C23H29F6N5O5. The number of carboxylic acids is 2. The maximum atomic E-state index is 10.6. The quantitative estimate of drug-likeness (QED) is 0.536. The van der Waals surface area contributed by atoms with Crippen LogP contribution in [-0.2, 0) is 34.5 Å². The number of hydrogen-bond donors (Lipinski definition) is 2. The first-order chi connectivity index (χ1) is 18.1. The molecule has 2 aromatic heterocycles. The fourth-order valence-corrected chi connectivity index (χ4v) is 4.12. The third-order valence-electron chi connectivity index (χ3n) is 5.94. The molecule has 0 amide bonds. The Morgan fingerprint density at radius 2 is 1.59 bits per heavy atom. The van der Waals surface area contributed by atoms with Gasteiger partial charge in [-0.1, -0.05) is 6.07 Å².